The average Bonchev–Trinajstić information content (AvgIpc) is 3.14. The van der Waals surface area contributed by atoms with E-state index in [1.54, 1.807) is 4.90 Å². The number of hydrogen-bond donors (Lipinski definition) is 4. The third-order valence-corrected chi connectivity index (χ3v) is 5.30. The molecule has 1 aromatic carbocycles. The standard InChI is InChI=1S/C20H30N4O3/c1-2-6-21-19(25)13-22-20(26)15-24-9-7-23(8-10-24)14-16-3-4-18-17(12-16)5-11-27-18/h3-4,12H,2,5-11,13-15H2,1H3,(H,21,25)(H,22,26)/p+2. The number of fused-ring (bicyclic) bond motifs is 1. The number of benzene rings is 1. The van der Waals surface area contributed by atoms with Gasteiger partial charge in [-0.15, -0.1) is 0 Å². The molecule has 0 atom stereocenters. The van der Waals surface area contributed by atoms with Gasteiger partial charge < -0.3 is 25.2 Å². The summed E-state index contributed by atoms with van der Waals surface area (Å²) in [6.45, 7) is 9.11. The second kappa shape index (κ2) is 9.71. The number of carbonyl (C=O) groups is 2. The van der Waals surface area contributed by atoms with Crippen molar-refractivity contribution in [1.29, 1.82) is 0 Å². The van der Waals surface area contributed by atoms with E-state index in [1.807, 2.05) is 6.92 Å². The largest absolute Gasteiger partial charge is 0.493 e. The Morgan fingerprint density at radius 1 is 1.07 bits per heavy atom. The van der Waals surface area contributed by atoms with E-state index in [4.69, 9.17) is 4.74 Å². The van der Waals surface area contributed by atoms with E-state index in [0.29, 0.717) is 13.1 Å². The summed E-state index contributed by atoms with van der Waals surface area (Å²) in [7, 11) is 0. The second-order valence-electron chi connectivity index (χ2n) is 7.52. The number of rotatable bonds is 8. The molecule has 0 saturated carbocycles. The van der Waals surface area contributed by atoms with Gasteiger partial charge >= 0.3 is 0 Å². The number of nitrogens with one attached hydrogen (secondary N) is 4. The van der Waals surface area contributed by atoms with Crippen LogP contribution in [-0.4, -0.2) is 64.2 Å². The molecule has 7 nitrogen and oxygen atoms in total. The van der Waals surface area contributed by atoms with Crippen LogP contribution in [0, 0.1) is 0 Å². The summed E-state index contributed by atoms with van der Waals surface area (Å²) in [6, 6.07) is 6.55. The molecule has 0 spiro atoms. The van der Waals surface area contributed by atoms with E-state index in [2.05, 4.69) is 28.8 Å². The van der Waals surface area contributed by atoms with Gasteiger partial charge in [0.15, 0.2) is 6.54 Å². The second-order valence-corrected chi connectivity index (χ2v) is 7.52. The predicted octanol–water partition coefficient (Wildman–Crippen LogP) is -2.45. The normalized spacial score (nSPS) is 21.2. The van der Waals surface area contributed by atoms with Gasteiger partial charge in [-0.1, -0.05) is 6.92 Å². The molecule has 1 fully saturated rings. The van der Waals surface area contributed by atoms with Gasteiger partial charge in [0.2, 0.25) is 5.91 Å². The van der Waals surface area contributed by atoms with E-state index in [9.17, 15) is 9.59 Å². The van der Waals surface area contributed by atoms with Crippen LogP contribution in [-0.2, 0) is 22.6 Å². The molecule has 3 rings (SSSR count). The first-order chi connectivity index (χ1) is 13.1. The van der Waals surface area contributed by atoms with Crippen LogP contribution >= 0.6 is 0 Å². The Morgan fingerprint density at radius 3 is 2.63 bits per heavy atom. The highest BCUT2D eigenvalue weighted by atomic mass is 16.5. The molecule has 27 heavy (non-hydrogen) atoms. The fraction of sp³-hybridized carbons (Fsp3) is 0.600. The predicted molar refractivity (Wildman–Crippen MR) is 102 cm³/mol. The van der Waals surface area contributed by atoms with Crippen LogP contribution in [0.5, 0.6) is 5.75 Å². The van der Waals surface area contributed by atoms with Crippen molar-refractivity contribution < 1.29 is 24.1 Å². The molecule has 4 N–H and O–H groups in total. The molecular weight excluding hydrogens is 344 g/mol. The van der Waals surface area contributed by atoms with Gasteiger partial charge in [-0.3, -0.25) is 9.59 Å². The number of quaternary nitrogens is 2. The molecule has 0 radical (unpaired) electrons. The molecule has 0 bridgehead atoms. The maximum atomic E-state index is 12.0. The van der Waals surface area contributed by atoms with Gasteiger partial charge in [-0.2, -0.15) is 0 Å². The first-order valence-corrected chi connectivity index (χ1v) is 10.1. The van der Waals surface area contributed by atoms with Gasteiger partial charge in [-0.05, 0) is 30.2 Å². The van der Waals surface area contributed by atoms with E-state index < -0.39 is 0 Å². The summed E-state index contributed by atoms with van der Waals surface area (Å²) in [5.74, 6) is 0.880. The van der Waals surface area contributed by atoms with E-state index in [0.717, 1.165) is 57.9 Å². The maximum Gasteiger partial charge on any atom is 0.275 e. The zero-order valence-corrected chi connectivity index (χ0v) is 16.2. The van der Waals surface area contributed by atoms with Crippen LogP contribution in [0.15, 0.2) is 18.2 Å². The lowest BCUT2D eigenvalue weighted by atomic mass is 10.1. The van der Waals surface area contributed by atoms with Crippen LogP contribution in [0.1, 0.15) is 24.5 Å². The van der Waals surface area contributed by atoms with Crippen molar-refractivity contribution in [3.63, 3.8) is 0 Å². The van der Waals surface area contributed by atoms with E-state index in [1.165, 1.54) is 16.0 Å². The van der Waals surface area contributed by atoms with Crippen LogP contribution in [0.3, 0.4) is 0 Å². The summed E-state index contributed by atoms with van der Waals surface area (Å²) in [6.07, 6.45) is 1.91. The van der Waals surface area contributed by atoms with Gasteiger partial charge in [0.05, 0.1) is 13.2 Å². The minimum Gasteiger partial charge on any atom is -0.493 e. The summed E-state index contributed by atoms with van der Waals surface area (Å²) >= 11 is 0. The molecule has 0 aromatic heterocycles. The molecular formula is C20H32N4O3+2. The Balaban J connectivity index is 1.35. The van der Waals surface area contributed by atoms with Crippen molar-refractivity contribution in [3.05, 3.63) is 29.3 Å². The molecule has 0 aliphatic carbocycles. The average molecular weight is 377 g/mol. The SMILES string of the molecule is CCCNC(=O)CNC(=O)C[NH+]1CC[NH+](Cc2ccc3c(c2)CCO3)CC1. The molecule has 2 aliphatic heterocycles. The molecule has 0 unspecified atom stereocenters. The van der Waals surface area contributed by atoms with Crippen molar-refractivity contribution in [3.8, 4) is 5.75 Å². The Kier molecular flexibility index (Phi) is 7.06. The van der Waals surface area contributed by atoms with Crippen molar-refractivity contribution in [2.45, 2.75) is 26.3 Å². The Morgan fingerprint density at radius 2 is 1.85 bits per heavy atom. The quantitative estimate of drug-likeness (QED) is 0.407. The molecule has 1 aromatic rings. The first kappa shape index (κ1) is 19.6. The summed E-state index contributed by atoms with van der Waals surface area (Å²) in [5.41, 5.74) is 2.70. The summed E-state index contributed by atoms with van der Waals surface area (Å²) in [4.78, 5) is 26.4. The van der Waals surface area contributed by atoms with Crippen LogP contribution in [0.2, 0.25) is 0 Å². The molecule has 7 heteroatoms. The fourth-order valence-corrected chi connectivity index (χ4v) is 3.74. The highest BCUT2D eigenvalue weighted by Crippen LogP contribution is 2.25. The lowest BCUT2D eigenvalue weighted by molar-refractivity contribution is -1.02. The minimum absolute atomic E-state index is 0.0429. The van der Waals surface area contributed by atoms with Crippen molar-refractivity contribution in [2.24, 2.45) is 0 Å². The zero-order valence-electron chi connectivity index (χ0n) is 16.2. The number of piperazine rings is 1. The number of amides is 2. The van der Waals surface area contributed by atoms with Crippen LogP contribution < -0.4 is 25.2 Å². The van der Waals surface area contributed by atoms with E-state index in [-0.39, 0.29) is 18.4 Å². The zero-order chi connectivity index (χ0) is 19.1. The molecule has 2 aliphatic rings. The molecule has 2 amide bonds. The fourth-order valence-electron chi connectivity index (χ4n) is 3.74. The lowest BCUT2D eigenvalue weighted by Crippen LogP contribution is -3.28. The van der Waals surface area contributed by atoms with E-state index >= 15 is 0 Å². The molecule has 1 saturated heterocycles. The van der Waals surface area contributed by atoms with Gasteiger partial charge in [0.25, 0.3) is 5.91 Å². The Labute approximate surface area is 161 Å². The molecule has 148 valence electrons. The van der Waals surface area contributed by atoms with Gasteiger partial charge in [-0.25, -0.2) is 0 Å². The maximum absolute atomic E-state index is 12.0. The van der Waals surface area contributed by atoms with Gasteiger partial charge in [0, 0.05) is 18.5 Å². The van der Waals surface area contributed by atoms with Gasteiger partial charge in [0.1, 0.15) is 38.5 Å². The number of carbonyl (C=O) groups excluding carboxylic acids is 2. The number of ether oxygens (including phenoxy) is 1. The van der Waals surface area contributed by atoms with Crippen molar-refractivity contribution in [1.82, 2.24) is 10.6 Å². The third kappa shape index (κ3) is 5.94. The number of hydrogen-bond acceptors (Lipinski definition) is 3. The van der Waals surface area contributed by atoms with Crippen molar-refractivity contribution >= 4 is 11.8 Å². The minimum atomic E-state index is -0.116. The molecule has 2 heterocycles. The Bertz CT molecular complexity index is 657. The summed E-state index contributed by atoms with van der Waals surface area (Å²) < 4.78 is 5.58. The highest BCUT2D eigenvalue weighted by Gasteiger charge is 2.25. The third-order valence-electron chi connectivity index (χ3n) is 5.30. The Hall–Kier alpha value is -2.12. The highest BCUT2D eigenvalue weighted by molar-refractivity contribution is 5.84. The van der Waals surface area contributed by atoms with Crippen LogP contribution in [0.25, 0.3) is 0 Å². The first-order valence-electron chi connectivity index (χ1n) is 10.1. The lowest BCUT2D eigenvalue weighted by Gasteiger charge is -2.29. The van der Waals surface area contributed by atoms with Crippen LogP contribution in [0.4, 0.5) is 0 Å². The topological polar surface area (TPSA) is 76.3 Å². The summed E-state index contributed by atoms with van der Waals surface area (Å²) in [5, 5.41) is 5.49. The monoisotopic (exact) mass is 376 g/mol. The smallest absolute Gasteiger partial charge is 0.275 e. The van der Waals surface area contributed by atoms with Crippen molar-refractivity contribution in [2.75, 3.05) is 52.4 Å².